The number of esters is 1. The summed E-state index contributed by atoms with van der Waals surface area (Å²) < 4.78 is 18.7. The van der Waals surface area contributed by atoms with Gasteiger partial charge in [-0.25, -0.2) is 4.79 Å². The highest BCUT2D eigenvalue weighted by atomic mass is 16.5. The van der Waals surface area contributed by atoms with Gasteiger partial charge in [-0.2, -0.15) is 4.68 Å². The number of hydrogen-bond donors (Lipinski definition) is 1. The van der Waals surface area contributed by atoms with Crippen LogP contribution >= 0.6 is 0 Å². The number of nitrogens with one attached hydrogen (secondary N) is 1. The van der Waals surface area contributed by atoms with Gasteiger partial charge in [-0.1, -0.05) is 41.5 Å². The Bertz CT molecular complexity index is 1160. The van der Waals surface area contributed by atoms with Crippen molar-refractivity contribution in [3.63, 3.8) is 0 Å². The summed E-state index contributed by atoms with van der Waals surface area (Å²) >= 11 is 0. The molecular weight excluding hydrogens is 422 g/mol. The maximum absolute atomic E-state index is 13.0. The lowest BCUT2D eigenvalue weighted by Gasteiger charge is -2.28. The van der Waals surface area contributed by atoms with Crippen molar-refractivity contribution in [2.45, 2.75) is 39.3 Å². The molecule has 33 heavy (non-hydrogen) atoms. The Balaban J connectivity index is 1.63. The molecule has 0 aliphatic carbocycles. The van der Waals surface area contributed by atoms with Gasteiger partial charge in [-0.3, -0.25) is 0 Å². The van der Waals surface area contributed by atoms with Gasteiger partial charge < -0.3 is 19.5 Å². The Morgan fingerprint density at radius 1 is 1.15 bits per heavy atom. The Kier molecular flexibility index (Phi) is 6.58. The maximum Gasteiger partial charge on any atom is 0.338 e. The molecule has 0 saturated carbocycles. The molecule has 2 heterocycles. The van der Waals surface area contributed by atoms with E-state index in [9.17, 15) is 4.79 Å². The summed E-state index contributed by atoms with van der Waals surface area (Å²) in [6.45, 7) is 5.94. The molecule has 0 radical (unpaired) electrons. The topological polar surface area (TPSA) is 100 Å². The highest BCUT2D eigenvalue weighted by Crippen LogP contribution is 2.38. The van der Waals surface area contributed by atoms with E-state index in [0.29, 0.717) is 35.3 Å². The molecule has 3 aromatic rings. The monoisotopic (exact) mass is 449 g/mol. The summed E-state index contributed by atoms with van der Waals surface area (Å²) in [7, 11) is 1.59. The first-order valence-electron chi connectivity index (χ1n) is 10.8. The number of aromatic nitrogens is 4. The number of anilines is 1. The summed E-state index contributed by atoms with van der Waals surface area (Å²) in [4.78, 5) is 13.0. The molecule has 1 aromatic heterocycles. The van der Waals surface area contributed by atoms with Gasteiger partial charge in [0.2, 0.25) is 5.95 Å². The fourth-order valence-corrected chi connectivity index (χ4v) is 3.76. The lowest BCUT2D eigenvalue weighted by atomic mass is 9.95. The number of fused-ring (bicyclic) bond motifs is 1. The normalized spacial score (nSPS) is 15.1. The van der Waals surface area contributed by atoms with Gasteiger partial charge >= 0.3 is 5.97 Å². The fourth-order valence-electron chi connectivity index (χ4n) is 3.76. The number of ether oxygens (including phenoxy) is 3. The molecule has 2 aromatic carbocycles. The Morgan fingerprint density at radius 2 is 1.94 bits per heavy atom. The molecule has 0 spiro atoms. The van der Waals surface area contributed by atoms with Gasteiger partial charge in [-0.15, -0.1) is 0 Å². The molecular formula is C24H27N5O4. The zero-order chi connectivity index (χ0) is 23.4. The van der Waals surface area contributed by atoms with Crippen molar-refractivity contribution in [1.82, 2.24) is 20.2 Å². The van der Waals surface area contributed by atoms with E-state index in [-0.39, 0.29) is 6.10 Å². The molecule has 9 nitrogen and oxygen atoms in total. The minimum Gasteiger partial charge on any atom is -0.493 e. The highest BCUT2D eigenvalue weighted by Gasteiger charge is 2.35. The van der Waals surface area contributed by atoms with E-state index >= 15 is 0 Å². The van der Waals surface area contributed by atoms with Crippen LogP contribution in [0, 0.1) is 0 Å². The Labute approximate surface area is 192 Å². The van der Waals surface area contributed by atoms with Crippen molar-refractivity contribution < 1.29 is 19.0 Å². The summed E-state index contributed by atoms with van der Waals surface area (Å²) in [5, 5.41) is 15.0. The quantitative estimate of drug-likeness (QED) is 0.521. The maximum atomic E-state index is 13.0. The molecule has 0 fully saturated rings. The van der Waals surface area contributed by atoms with Crippen LogP contribution in [0.25, 0.3) is 0 Å². The molecule has 9 heteroatoms. The van der Waals surface area contributed by atoms with Crippen molar-refractivity contribution in [1.29, 1.82) is 0 Å². The van der Waals surface area contributed by atoms with E-state index in [4.69, 9.17) is 14.2 Å². The first kappa shape index (κ1) is 22.3. The Morgan fingerprint density at radius 3 is 2.67 bits per heavy atom. The summed E-state index contributed by atoms with van der Waals surface area (Å²) in [6, 6.07) is 15.1. The zero-order valence-corrected chi connectivity index (χ0v) is 19.1. The van der Waals surface area contributed by atoms with Crippen LogP contribution in [0.15, 0.2) is 59.8 Å². The number of rotatable bonds is 8. The van der Waals surface area contributed by atoms with Crippen LogP contribution < -0.4 is 14.8 Å². The van der Waals surface area contributed by atoms with Crippen molar-refractivity contribution >= 4 is 11.9 Å². The predicted molar refractivity (Wildman–Crippen MR) is 122 cm³/mol. The zero-order valence-electron chi connectivity index (χ0n) is 19.1. The molecule has 1 atom stereocenters. The second-order valence-electron chi connectivity index (χ2n) is 7.96. The first-order chi connectivity index (χ1) is 16.0. The molecule has 0 bridgehead atoms. The van der Waals surface area contributed by atoms with Crippen LogP contribution in [-0.4, -0.2) is 46.0 Å². The van der Waals surface area contributed by atoms with Crippen molar-refractivity contribution in [2.24, 2.45) is 0 Å². The minimum absolute atomic E-state index is 0.261. The molecule has 4 rings (SSSR count). The van der Waals surface area contributed by atoms with Gasteiger partial charge in [0.25, 0.3) is 0 Å². The van der Waals surface area contributed by atoms with Gasteiger partial charge in [0.1, 0.15) is 6.04 Å². The number of nitrogens with zero attached hydrogens (tertiary/aromatic N) is 4. The van der Waals surface area contributed by atoms with E-state index in [1.165, 1.54) is 5.56 Å². The van der Waals surface area contributed by atoms with E-state index < -0.39 is 12.0 Å². The molecule has 0 amide bonds. The third-order valence-electron chi connectivity index (χ3n) is 5.27. The van der Waals surface area contributed by atoms with Crippen LogP contribution in [0.2, 0.25) is 0 Å². The number of benzene rings is 2. The fraction of sp³-hybridized carbons (Fsp3) is 0.333. The predicted octanol–water partition coefficient (Wildman–Crippen LogP) is 3.54. The SMILES string of the molecule is COc1cc(C2C(C(=O)OC(C)C)=C(C)Nc3nnnn32)ccc1OCCc1ccccc1. The van der Waals surface area contributed by atoms with Crippen LogP contribution in [-0.2, 0) is 16.0 Å². The summed E-state index contributed by atoms with van der Waals surface area (Å²) in [5.74, 6) is 1.20. The minimum atomic E-state index is -0.574. The van der Waals surface area contributed by atoms with E-state index in [0.717, 1.165) is 12.0 Å². The van der Waals surface area contributed by atoms with E-state index in [2.05, 4.69) is 33.0 Å². The lowest BCUT2D eigenvalue weighted by Crippen LogP contribution is -2.30. The van der Waals surface area contributed by atoms with Gasteiger partial charge in [-0.05, 0) is 54.5 Å². The largest absolute Gasteiger partial charge is 0.493 e. The van der Waals surface area contributed by atoms with Gasteiger partial charge in [0.05, 0.1) is 25.4 Å². The highest BCUT2D eigenvalue weighted by molar-refractivity contribution is 5.92. The van der Waals surface area contributed by atoms with Crippen LogP contribution in [0.1, 0.15) is 37.9 Å². The van der Waals surface area contributed by atoms with Crippen LogP contribution in [0.3, 0.4) is 0 Å². The lowest BCUT2D eigenvalue weighted by molar-refractivity contribution is -0.143. The Hall–Kier alpha value is -3.88. The summed E-state index contributed by atoms with van der Waals surface area (Å²) in [5.41, 5.74) is 3.04. The average Bonchev–Trinajstić information content (AvgIpc) is 3.26. The van der Waals surface area contributed by atoms with E-state index in [1.54, 1.807) is 18.7 Å². The third kappa shape index (κ3) is 4.82. The van der Waals surface area contributed by atoms with E-state index in [1.807, 2.05) is 50.2 Å². The molecule has 0 saturated heterocycles. The second kappa shape index (κ2) is 9.72. The number of methoxy groups -OCH3 is 1. The third-order valence-corrected chi connectivity index (χ3v) is 5.27. The number of carbonyl (C=O) groups is 1. The van der Waals surface area contributed by atoms with Crippen molar-refractivity contribution in [2.75, 3.05) is 19.0 Å². The number of tetrazole rings is 1. The molecule has 1 aliphatic heterocycles. The van der Waals surface area contributed by atoms with Gasteiger partial charge in [0.15, 0.2) is 11.5 Å². The average molecular weight is 450 g/mol. The van der Waals surface area contributed by atoms with Crippen molar-refractivity contribution in [3.8, 4) is 11.5 Å². The van der Waals surface area contributed by atoms with Crippen LogP contribution in [0.4, 0.5) is 5.95 Å². The molecule has 1 aliphatic rings. The summed E-state index contributed by atoms with van der Waals surface area (Å²) in [6.07, 6.45) is 0.518. The van der Waals surface area contributed by atoms with Gasteiger partial charge in [0, 0.05) is 12.1 Å². The molecule has 172 valence electrons. The number of allylic oxidation sites excluding steroid dienone is 1. The number of carbonyl (C=O) groups excluding carboxylic acids is 1. The smallest absolute Gasteiger partial charge is 0.338 e. The van der Waals surface area contributed by atoms with Crippen molar-refractivity contribution in [3.05, 3.63) is 70.9 Å². The molecule has 1 N–H and O–H groups in total. The second-order valence-corrected chi connectivity index (χ2v) is 7.96. The molecule has 1 unspecified atom stereocenters. The standard InChI is InChI=1S/C24H27N5O4/c1-15(2)33-23(30)21-16(3)25-24-26-27-28-29(24)22(21)18-10-11-19(20(14-18)31-4)32-13-12-17-8-6-5-7-9-17/h5-11,14-15,22H,12-13H2,1-4H3,(H,25,26,28). The first-order valence-corrected chi connectivity index (χ1v) is 10.8. The number of hydrogen-bond acceptors (Lipinski definition) is 8. The van der Waals surface area contributed by atoms with Crippen LogP contribution in [0.5, 0.6) is 11.5 Å².